The van der Waals surface area contributed by atoms with Crippen LogP contribution in [0.25, 0.3) is 22.1 Å². The molecule has 15 heavy (non-hydrogen) atoms. The summed E-state index contributed by atoms with van der Waals surface area (Å²) in [7, 11) is 0. The molecule has 0 bridgehead atoms. The summed E-state index contributed by atoms with van der Waals surface area (Å²) in [6.07, 6.45) is 3.39. The van der Waals surface area contributed by atoms with Crippen LogP contribution in [0.2, 0.25) is 5.02 Å². The van der Waals surface area contributed by atoms with Crippen LogP contribution in [-0.4, -0.2) is 15.0 Å². The average Bonchev–Trinajstić information content (AvgIpc) is 2.30. The third kappa shape index (κ3) is 1.24. The van der Waals surface area contributed by atoms with Gasteiger partial charge in [0.25, 0.3) is 0 Å². The first-order chi connectivity index (χ1) is 7.36. The minimum absolute atomic E-state index is 0.633. The quantitative estimate of drug-likeness (QED) is 0.542. The minimum Gasteiger partial charge on any atom is -0.237 e. The largest absolute Gasteiger partial charge is 0.237 e. The van der Waals surface area contributed by atoms with Crippen molar-refractivity contribution in [2.75, 3.05) is 0 Å². The molecule has 0 saturated heterocycles. The lowest BCUT2D eigenvalue weighted by Crippen LogP contribution is -1.88. The normalized spacial score (nSPS) is 11.0. The zero-order valence-corrected chi connectivity index (χ0v) is 8.44. The first-order valence-corrected chi connectivity index (χ1v) is 4.89. The highest BCUT2D eigenvalue weighted by molar-refractivity contribution is 6.39. The van der Waals surface area contributed by atoms with Crippen LogP contribution in [0.3, 0.4) is 0 Å². The van der Waals surface area contributed by atoms with Crippen LogP contribution in [0.15, 0.2) is 36.7 Å². The molecule has 0 amide bonds. The highest BCUT2D eigenvalue weighted by Crippen LogP contribution is 2.27. The van der Waals surface area contributed by atoms with Crippen LogP contribution in [0.4, 0.5) is 0 Å². The molecular weight excluding hydrogens is 210 g/mol. The molecule has 72 valence electrons. The van der Waals surface area contributed by atoms with Crippen LogP contribution in [0.5, 0.6) is 0 Å². The predicted octanol–water partition coefficient (Wildman–Crippen LogP) is 2.83. The van der Waals surface area contributed by atoms with E-state index in [1.54, 1.807) is 12.4 Å². The van der Waals surface area contributed by atoms with Gasteiger partial charge in [0.1, 0.15) is 0 Å². The maximum Gasteiger partial charge on any atom is 0.163 e. The number of nitrogens with zero attached hydrogens (tertiary/aromatic N) is 3. The van der Waals surface area contributed by atoms with Gasteiger partial charge in [-0.2, -0.15) is 0 Å². The Kier molecular flexibility index (Phi) is 1.79. The van der Waals surface area contributed by atoms with E-state index in [4.69, 9.17) is 11.6 Å². The van der Waals surface area contributed by atoms with Gasteiger partial charge in [-0.1, -0.05) is 11.6 Å². The molecule has 0 N–H and O–H groups in total. The molecule has 0 aliphatic carbocycles. The first kappa shape index (κ1) is 8.56. The monoisotopic (exact) mass is 215 g/mol. The van der Waals surface area contributed by atoms with Crippen molar-refractivity contribution in [1.82, 2.24) is 15.0 Å². The summed E-state index contributed by atoms with van der Waals surface area (Å²) >= 11 is 6.25. The summed E-state index contributed by atoms with van der Waals surface area (Å²) in [4.78, 5) is 12.6. The number of hydrogen-bond donors (Lipinski definition) is 0. The summed E-state index contributed by atoms with van der Waals surface area (Å²) in [6.45, 7) is 0. The van der Waals surface area contributed by atoms with E-state index in [-0.39, 0.29) is 0 Å². The molecule has 0 atom stereocenters. The number of rotatable bonds is 0. The summed E-state index contributed by atoms with van der Waals surface area (Å²) in [5.41, 5.74) is 1.27. The standard InChI is InChI=1S/C11H6ClN3/c12-9-7-3-1-5-13-10(7)15-11-8(9)4-2-6-14-11/h1-6H. The Morgan fingerprint density at radius 2 is 1.40 bits per heavy atom. The van der Waals surface area contributed by atoms with Crippen molar-refractivity contribution >= 4 is 33.7 Å². The average molecular weight is 216 g/mol. The highest BCUT2D eigenvalue weighted by atomic mass is 35.5. The van der Waals surface area contributed by atoms with E-state index in [0.29, 0.717) is 16.3 Å². The Morgan fingerprint density at radius 3 is 1.93 bits per heavy atom. The van der Waals surface area contributed by atoms with Crippen molar-refractivity contribution in [3.63, 3.8) is 0 Å². The number of fused-ring (bicyclic) bond motifs is 2. The topological polar surface area (TPSA) is 38.7 Å². The van der Waals surface area contributed by atoms with E-state index in [2.05, 4.69) is 15.0 Å². The van der Waals surface area contributed by atoms with Crippen LogP contribution >= 0.6 is 11.6 Å². The third-order valence-electron chi connectivity index (χ3n) is 2.26. The fourth-order valence-electron chi connectivity index (χ4n) is 1.56. The molecule has 0 fully saturated rings. The molecule has 3 rings (SSSR count). The maximum atomic E-state index is 6.25. The highest BCUT2D eigenvalue weighted by Gasteiger charge is 2.06. The van der Waals surface area contributed by atoms with Gasteiger partial charge in [-0.05, 0) is 24.3 Å². The molecule has 0 aliphatic rings. The predicted molar refractivity (Wildman–Crippen MR) is 59.8 cm³/mol. The fourth-order valence-corrected chi connectivity index (χ4v) is 1.86. The van der Waals surface area contributed by atoms with Gasteiger partial charge in [-0.25, -0.2) is 15.0 Å². The molecule has 0 radical (unpaired) electrons. The molecule has 0 aliphatic heterocycles. The lowest BCUT2D eigenvalue weighted by molar-refractivity contribution is 1.27. The molecule has 4 heteroatoms. The number of hydrogen-bond acceptors (Lipinski definition) is 3. The molecule has 0 spiro atoms. The van der Waals surface area contributed by atoms with Crippen LogP contribution in [0.1, 0.15) is 0 Å². The summed E-state index contributed by atoms with van der Waals surface area (Å²) in [5, 5.41) is 2.38. The van der Waals surface area contributed by atoms with E-state index in [9.17, 15) is 0 Å². The maximum absolute atomic E-state index is 6.25. The van der Waals surface area contributed by atoms with Crippen LogP contribution in [0, 0.1) is 0 Å². The SMILES string of the molecule is Clc1c2cccnc2nc2ncccc12. The van der Waals surface area contributed by atoms with E-state index in [0.717, 1.165) is 10.8 Å². The molecule has 0 unspecified atom stereocenters. The van der Waals surface area contributed by atoms with Crippen molar-refractivity contribution in [3.05, 3.63) is 41.7 Å². The third-order valence-corrected chi connectivity index (χ3v) is 2.67. The van der Waals surface area contributed by atoms with E-state index < -0.39 is 0 Å². The Morgan fingerprint density at radius 1 is 0.867 bits per heavy atom. The molecule has 0 saturated carbocycles. The molecular formula is C11H6ClN3. The van der Waals surface area contributed by atoms with Gasteiger partial charge >= 0.3 is 0 Å². The van der Waals surface area contributed by atoms with E-state index in [1.807, 2.05) is 24.3 Å². The van der Waals surface area contributed by atoms with Gasteiger partial charge in [0.15, 0.2) is 11.3 Å². The number of pyridine rings is 3. The van der Waals surface area contributed by atoms with E-state index in [1.165, 1.54) is 0 Å². The zero-order chi connectivity index (χ0) is 10.3. The van der Waals surface area contributed by atoms with Crippen LogP contribution < -0.4 is 0 Å². The van der Waals surface area contributed by atoms with Gasteiger partial charge < -0.3 is 0 Å². The van der Waals surface area contributed by atoms with Gasteiger partial charge in [0.05, 0.1) is 5.02 Å². The Hall–Kier alpha value is -1.74. The van der Waals surface area contributed by atoms with Crippen molar-refractivity contribution in [2.45, 2.75) is 0 Å². The first-order valence-electron chi connectivity index (χ1n) is 4.51. The molecule has 0 aromatic carbocycles. The second-order valence-corrected chi connectivity index (χ2v) is 3.55. The zero-order valence-electron chi connectivity index (χ0n) is 7.68. The summed E-state index contributed by atoms with van der Waals surface area (Å²) < 4.78 is 0. The van der Waals surface area contributed by atoms with E-state index >= 15 is 0 Å². The smallest absolute Gasteiger partial charge is 0.163 e. The number of aromatic nitrogens is 3. The van der Waals surface area contributed by atoms with Crippen molar-refractivity contribution in [3.8, 4) is 0 Å². The van der Waals surface area contributed by atoms with Crippen molar-refractivity contribution in [1.29, 1.82) is 0 Å². The molecule has 3 heterocycles. The Labute approximate surface area is 90.8 Å². The van der Waals surface area contributed by atoms with Gasteiger partial charge in [0.2, 0.25) is 0 Å². The second-order valence-electron chi connectivity index (χ2n) is 3.17. The summed E-state index contributed by atoms with van der Waals surface area (Å²) in [6, 6.07) is 7.50. The second kappa shape index (κ2) is 3.14. The molecule has 3 nitrogen and oxygen atoms in total. The lowest BCUT2D eigenvalue weighted by Gasteiger charge is -2.02. The Bertz CT molecular complexity index is 597. The fraction of sp³-hybridized carbons (Fsp3) is 0. The minimum atomic E-state index is 0.633. The van der Waals surface area contributed by atoms with Crippen LogP contribution in [-0.2, 0) is 0 Å². The van der Waals surface area contributed by atoms with Crippen molar-refractivity contribution in [2.24, 2.45) is 0 Å². The summed E-state index contributed by atoms with van der Waals surface area (Å²) in [5.74, 6) is 0. The van der Waals surface area contributed by atoms with Crippen molar-refractivity contribution < 1.29 is 0 Å². The van der Waals surface area contributed by atoms with Gasteiger partial charge in [0, 0.05) is 23.2 Å². The van der Waals surface area contributed by atoms with Gasteiger partial charge in [-0.15, -0.1) is 0 Å². The molecule has 3 aromatic rings. The lowest BCUT2D eigenvalue weighted by atomic mass is 10.2. The number of halogens is 1. The van der Waals surface area contributed by atoms with Gasteiger partial charge in [-0.3, -0.25) is 0 Å². The molecule has 3 aromatic heterocycles. The Balaban J connectivity index is 2.60.